The van der Waals surface area contributed by atoms with Crippen molar-refractivity contribution in [3.63, 3.8) is 0 Å². The van der Waals surface area contributed by atoms with Crippen LogP contribution in [0.1, 0.15) is 51.5 Å². The molecule has 1 aliphatic heterocycles. The fourth-order valence-corrected chi connectivity index (χ4v) is 4.18. The summed E-state index contributed by atoms with van der Waals surface area (Å²) in [4.78, 5) is 32.1. The number of nitrogens with two attached hydrogens (primary N) is 1. The third kappa shape index (κ3) is 4.44. The molecular formula is C25H21F3N6O2. The van der Waals surface area contributed by atoms with Crippen LogP contribution in [-0.4, -0.2) is 30.7 Å². The molecule has 3 aromatic heterocycles. The minimum atomic E-state index is -4.50. The van der Waals surface area contributed by atoms with Crippen LogP contribution in [-0.2, 0) is 30.7 Å². The second-order valence-corrected chi connectivity index (χ2v) is 8.43. The number of nitrogen functional groups attached to an aromatic ring is 1. The molecule has 2 N–H and O–H groups in total. The lowest BCUT2D eigenvalue weighted by Crippen LogP contribution is -2.34. The SMILES string of the molecule is CC(c1ncccn1)N(Cc1ccc(C(F)(F)F)cn1)C(=O)c1ccc2nc(N)c3c(c2c1)COC3. The van der Waals surface area contributed by atoms with Gasteiger partial charge >= 0.3 is 6.18 Å². The number of fused-ring (bicyclic) bond motifs is 3. The molecule has 0 aliphatic carbocycles. The third-order valence-electron chi connectivity index (χ3n) is 6.15. The molecule has 1 atom stereocenters. The molecule has 5 rings (SSSR count). The van der Waals surface area contributed by atoms with Gasteiger partial charge in [-0.15, -0.1) is 0 Å². The van der Waals surface area contributed by atoms with E-state index in [9.17, 15) is 18.0 Å². The van der Waals surface area contributed by atoms with Crippen LogP contribution < -0.4 is 5.73 Å². The highest BCUT2D eigenvalue weighted by molar-refractivity contribution is 5.99. The van der Waals surface area contributed by atoms with Gasteiger partial charge in [0.05, 0.1) is 42.6 Å². The van der Waals surface area contributed by atoms with Crippen molar-refractivity contribution < 1.29 is 22.7 Å². The standard InChI is InChI=1S/C25H21F3N6O2/c1-14(23-30-7-2-8-31-23)34(11-17-5-4-16(10-32-17)25(26,27)28)24(35)15-3-6-21-18(9-15)19-12-36-13-20(19)22(29)33-21/h2-10,14H,11-13H2,1H3,(H2,29,33). The molecular weight excluding hydrogens is 473 g/mol. The maximum atomic E-state index is 13.8. The zero-order chi connectivity index (χ0) is 25.4. The molecule has 8 nitrogen and oxygen atoms in total. The van der Waals surface area contributed by atoms with E-state index in [-0.39, 0.29) is 12.5 Å². The molecule has 1 aliphatic rings. The molecule has 1 unspecified atom stereocenters. The van der Waals surface area contributed by atoms with Gasteiger partial charge in [-0.1, -0.05) is 0 Å². The summed E-state index contributed by atoms with van der Waals surface area (Å²) in [6.45, 7) is 2.43. The van der Waals surface area contributed by atoms with Crippen molar-refractivity contribution in [3.8, 4) is 0 Å². The molecule has 184 valence electrons. The van der Waals surface area contributed by atoms with Crippen LogP contribution >= 0.6 is 0 Å². The van der Waals surface area contributed by atoms with Crippen molar-refractivity contribution in [2.75, 3.05) is 5.73 Å². The van der Waals surface area contributed by atoms with Gasteiger partial charge in [-0.3, -0.25) is 9.78 Å². The quantitative estimate of drug-likeness (QED) is 0.437. The van der Waals surface area contributed by atoms with Crippen LogP contribution in [0.15, 0.2) is 55.0 Å². The maximum absolute atomic E-state index is 13.8. The number of pyridine rings is 2. The number of anilines is 1. The zero-order valence-electron chi connectivity index (χ0n) is 19.2. The summed E-state index contributed by atoms with van der Waals surface area (Å²) in [5.74, 6) is 0.434. The van der Waals surface area contributed by atoms with E-state index in [4.69, 9.17) is 10.5 Å². The highest BCUT2D eigenvalue weighted by Gasteiger charge is 2.31. The molecule has 4 heterocycles. The first-order chi connectivity index (χ1) is 17.2. The van der Waals surface area contributed by atoms with Gasteiger partial charge in [0, 0.05) is 35.1 Å². The smallest absolute Gasteiger partial charge is 0.383 e. The average molecular weight is 494 g/mol. The summed E-state index contributed by atoms with van der Waals surface area (Å²) in [5.41, 5.74) is 8.20. The highest BCUT2D eigenvalue weighted by atomic mass is 19.4. The Labute approximate surface area is 204 Å². The topological polar surface area (TPSA) is 107 Å². The fraction of sp³-hybridized carbons (Fsp3) is 0.240. The van der Waals surface area contributed by atoms with Crippen LogP contribution in [0.5, 0.6) is 0 Å². The van der Waals surface area contributed by atoms with Gasteiger partial charge in [-0.25, -0.2) is 15.0 Å². The molecule has 36 heavy (non-hydrogen) atoms. The van der Waals surface area contributed by atoms with E-state index in [1.165, 1.54) is 11.0 Å². The molecule has 0 bridgehead atoms. The highest BCUT2D eigenvalue weighted by Crippen LogP contribution is 2.33. The van der Waals surface area contributed by atoms with Crippen LogP contribution in [0, 0.1) is 0 Å². The number of hydrogen-bond donors (Lipinski definition) is 1. The summed E-state index contributed by atoms with van der Waals surface area (Å²) >= 11 is 0. The summed E-state index contributed by atoms with van der Waals surface area (Å²) in [7, 11) is 0. The number of hydrogen-bond acceptors (Lipinski definition) is 7. The summed E-state index contributed by atoms with van der Waals surface area (Å²) in [5, 5.41) is 0.763. The second-order valence-electron chi connectivity index (χ2n) is 8.43. The predicted octanol–water partition coefficient (Wildman–Crippen LogP) is 4.45. The van der Waals surface area contributed by atoms with Crippen molar-refractivity contribution in [1.82, 2.24) is 24.8 Å². The fourth-order valence-electron chi connectivity index (χ4n) is 4.18. The van der Waals surface area contributed by atoms with E-state index in [2.05, 4.69) is 19.9 Å². The Morgan fingerprint density at radius 1 is 1.11 bits per heavy atom. The average Bonchev–Trinajstić information content (AvgIpc) is 3.38. The van der Waals surface area contributed by atoms with Crippen molar-refractivity contribution in [2.45, 2.75) is 38.9 Å². The van der Waals surface area contributed by atoms with E-state index in [1.807, 2.05) is 0 Å². The normalized spacial score (nSPS) is 14.0. The van der Waals surface area contributed by atoms with E-state index in [0.29, 0.717) is 41.6 Å². The predicted molar refractivity (Wildman–Crippen MR) is 124 cm³/mol. The van der Waals surface area contributed by atoms with Gasteiger partial charge in [0.2, 0.25) is 0 Å². The first kappa shape index (κ1) is 23.6. The Hall–Kier alpha value is -4.12. The number of halogens is 3. The minimum absolute atomic E-state index is 0.0460. The molecule has 1 aromatic carbocycles. The van der Waals surface area contributed by atoms with Crippen molar-refractivity contribution in [1.29, 1.82) is 0 Å². The summed E-state index contributed by atoms with van der Waals surface area (Å²) < 4.78 is 44.5. The minimum Gasteiger partial charge on any atom is -0.383 e. The molecule has 0 saturated carbocycles. The maximum Gasteiger partial charge on any atom is 0.417 e. The Balaban J connectivity index is 1.53. The Kier molecular flexibility index (Phi) is 6.00. The zero-order valence-corrected chi connectivity index (χ0v) is 19.2. The monoisotopic (exact) mass is 494 g/mol. The van der Waals surface area contributed by atoms with Gasteiger partial charge in [-0.05, 0) is 48.9 Å². The molecule has 0 fully saturated rings. The lowest BCUT2D eigenvalue weighted by atomic mass is 10.0. The number of carbonyl (C=O) groups is 1. The van der Waals surface area contributed by atoms with E-state index < -0.39 is 17.8 Å². The van der Waals surface area contributed by atoms with Crippen LogP contribution in [0.4, 0.5) is 19.0 Å². The van der Waals surface area contributed by atoms with Crippen molar-refractivity contribution in [2.24, 2.45) is 0 Å². The van der Waals surface area contributed by atoms with E-state index in [0.717, 1.165) is 28.8 Å². The number of carbonyl (C=O) groups excluding carboxylic acids is 1. The largest absolute Gasteiger partial charge is 0.417 e. The lowest BCUT2D eigenvalue weighted by Gasteiger charge is -2.28. The summed E-state index contributed by atoms with van der Waals surface area (Å²) in [6.07, 6.45) is -0.615. The molecule has 11 heteroatoms. The van der Waals surface area contributed by atoms with Crippen molar-refractivity contribution >= 4 is 22.6 Å². The summed E-state index contributed by atoms with van der Waals surface area (Å²) in [6, 6.07) is 8.38. The lowest BCUT2D eigenvalue weighted by molar-refractivity contribution is -0.137. The first-order valence-electron chi connectivity index (χ1n) is 11.1. The number of nitrogens with zero attached hydrogens (tertiary/aromatic N) is 5. The van der Waals surface area contributed by atoms with Crippen molar-refractivity contribution in [3.05, 3.63) is 88.8 Å². The van der Waals surface area contributed by atoms with Gasteiger partial charge in [-0.2, -0.15) is 13.2 Å². The number of ether oxygens (including phenoxy) is 1. The van der Waals surface area contributed by atoms with Crippen LogP contribution in [0.2, 0.25) is 0 Å². The number of benzene rings is 1. The van der Waals surface area contributed by atoms with Crippen LogP contribution in [0.25, 0.3) is 10.9 Å². The molecule has 0 spiro atoms. The van der Waals surface area contributed by atoms with Gasteiger partial charge in [0.25, 0.3) is 5.91 Å². The number of amides is 1. The van der Waals surface area contributed by atoms with Gasteiger partial charge in [0.15, 0.2) is 0 Å². The second kappa shape index (κ2) is 9.15. The number of aromatic nitrogens is 4. The third-order valence-corrected chi connectivity index (χ3v) is 6.15. The van der Waals surface area contributed by atoms with E-state index in [1.54, 1.807) is 43.6 Å². The van der Waals surface area contributed by atoms with Gasteiger partial charge < -0.3 is 15.4 Å². The first-order valence-corrected chi connectivity index (χ1v) is 11.1. The Bertz CT molecular complexity index is 1430. The van der Waals surface area contributed by atoms with E-state index >= 15 is 0 Å². The molecule has 0 radical (unpaired) electrons. The van der Waals surface area contributed by atoms with Crippen LogP contribution in [0.3, 0.4) is 0 Å². The number of alkyl halides is 3. The molecule has 1 amide bonds. The Morgan fingerprint density at radius 3 is 2.56 bits per heavy atom. The molecule has 4 aromatic rings. The number of rotatable bonds is 5. The van der Waals surface area contributed by atoms with Gasteiger partial charge in [0.1, 0.15) is 11.6 Å². The molecule has 0 saturated heterocycles. The Morgan fingerprint density at radius 2 is 1.86 bits per heavy atom.